The van der Waals surface area contributed by atoms with Crippen molar-refractivity contribution in [3.05, 3.63) is 28.8 Å². The van der Waals surface area contributed by atoms with Crippen molar-refractivity contribution >= 4 is 11.6 Å². The van der Waals surface area contributed by atoms with E-state index in [4.69, 9.17) is 17.3 Å². The van der Waals surface area contributed by atoms with Gasteiger partial charge in [-0.3, -0.25) is 4.90 Å². The first-order valence-corrected chi connectivity index (χ1v) is 6.40. The van der Waals surface area contributed by atoms with Crippen LogP contribution in [-0.4, -0.2) is 29.1 Å². The molecule has 2 rings (SSSR count). The number of hydrogen-bond donors (Lipinski definition) is 2. The second kappa shape index (κ2) is 5.25. The average Bonchev–Trinajstić information content (AvgIpc) is 2.72. The first-order valence-electron chi connectivity index (χ1n) is 6.02. The number of nitrogens with two attached hydrogens (primary N) is 1. The number of benzene rings is 1. The standard InChI is InChI=1S/C13H19ClN2O/c1-9(15)10-5-6-16(7-10)8-11-12(14)3-2-4-13(11)17/h2-4,9-10,17H,5-8,15H2,1H3. The molecule has 3 nitrogen and oxygen atoms in total. The summed E-state index contributed by atoms with van der Waals surface area (Å²) in [6.45, 7) is 4.77. The van der Waals surface area contributed by atoms with Crippen molar-refractivity contribution in [2.24, 2.45) is 11.7 Å². The van der Waals surface area contributed by atoms with E-state index in [0.717, 1.165) is 25.1 Å². The third-order valence-electron chi connectivity index (χ3n) is 3.53. The number of halogens is 1. The monoisotopic (exact) mass is 254 g/mol. The molecule has 1 aromatic carbocycles. The van der Waals surface area contributed by atoms with E-state index in [2.05, 4.69) is 11.8 Å². The highest BCUT2D eigenvalue weighted by molar-refractivity contribution is 6.31. The molecule has 1 saturated heterocycles. The molecule has 0 aromatic heterocycles. The molecule has 0 saturated carbocycles. The van der Waals surface area contributed by atoms with Gasteiger partial charge in [-0.2, -0.15) is 0 Å². The van der Waals surface area contributed by atoms with E-state index in [0.29, 0.717) is 17.5 Å². The number of likely N-dealkylation sites (tertiary alicyclic amines) is 1. The summed E-state index contributed by atoms with van der Waals surface area (Å²) < 4.78 is 0. The highest BCUT2D eigenvalue weighted by atomic mass is 35.5. The third kappa shape index (κ3) is 2.92. The molecule has 4 heteroatoms. The van der Waals surface area contributed by atoms with Gasteiger partial charge in [-0.15, -0.1) is 0 Å². The van der Waals surface area contributed by atoms with E-state index in [1.165, 1.54) is 0 Å². The Labute approximate surface area is 107 Å². The molecule has 17 heavy (non-hydrogen) atoms. The second-order valence-corrected chi connectivity index (χ2v) is 5.29. The lowest BCUT2D eigenvalue weighted by molar-refractivity contribution is 0.303. The van der Waals surface area contributed by atoms with E-state index < -0.39 is 0 Å². The number of hydrogen-bond acceptors (Lipinski definition) is 3. The summed E-state index contributed by atoms with van der Waals surface area (Å²) in [6, 6.07) is 5.49. The Morgan fingerprint density at radius 3 is 2.94 bits per heavy atom. The van der Waals surface area contributed by atoms with Gasteiger partial charge in [0.05, 0.1) is 0 Å². The lowest BCUT2D eigenvalue weighted by atomic mass is 10.0. The van der Waals surface area contributed by atoms with Crippen LogP contribution in [0.3, 0.4) is 0 Å². The number of phenolic OH excluding ortho intramolecular Hbond substituents is 1. The van der Waals surface area contributed by atoms with E-state index >= 15 is 0 Å². The van der Waals surface area contributed by atoms with Crippen LogP contribution in [0.15, 0.2) is 18.2 Å². The molecule has 0 spiro atoms. The fourth-order valence-electron chi connectivity index (χ4n) is 2.36. The van der Waals surface area contributed by atoms with Crippen LogP contribution in [0.2, 0.25) is 5.02 Å². The Kier molecular flexibility index (Phi) is 3.92. The summed E-state index contributed by atoms with van der Waals surface area (Å²) in [6.07, 6.45) is 1.13. The summed E-state index contributed by atoms with van der Waals surface area (Å²) in [4.78, 5) is 2.30. The van der Waals surface area contributed by atoms with Crippen LogP contribution >= 0.6 is 11.6 Å². The van der Waals surface area contributed by atoms with E-state index in [1.54, 1.807) is 12.1 Å². The summed E-state index contributed by atoms with van der Waals surface area (Å²) in [5.41, 5.74) is 6.73. The smallest absolute Gasteiger partial charge is 0.121 e. The lowest BCUT2D eigenvalue weighted by Gasteiger charge is -2.19. The molecular weight excluding hydrogens is 236 g/mol. The molecule has 2 unspecified atom stereocenters. The van der Waals surface area contributed by atoms with Crippen LogP contribution in [0.1, 0.15) is 18.9 Å². The van der Waals surface area contributed by atoms with Gasteiger partial charge in [0, 0.05) is 29.7 Å². The van der Waals surface area contributed by atoms with Crippen molar-refractivity contribution in [3.8, 4) is 5.75 Å². The number of aromatic hydroxyl groups is 1. The Morgan fingerprint density at radius 1 is 1.59 bits per heavy atom. The second-order valence-electron chi connectivity index (χ2n) is 4.88. The van der Waals surface area contributed by atoms with Crippen molar-refractivity contribution < 1.29 is 5.11 Å². The zero-order valence-electron chi connectivity index (χ0n) is 10.1. The van der Waals surface area contributed by atoms with Crippen molar-refractivity contribution in [2.75, 3.05) is 13.1 Å². The van der Waals surface area contributed by atoms with E-state index in [1.807, 2.05) is 6.07 Å². The Bertz CT molecular complexity index is 375. The van der Waals surface area contributed by atoms with Gasteiger partial charge in [-0.05, 0) is 37.9 Å². The van der Waals surface area contributed by atoms with Crippen molar-refractivity contribution in [1.82, 2.24) is 4.90 Å². The Balaban J connectivity index is 2.03. The average molecular weight is 255 g/mol. The molecule has 0 amide bonds. The largest absolute Gasteiger partial charge is 0.508 e. The van der Waals surface area contributed by atoms with Crippen LogP contribution in [0, 0.1) is 5.92 Å². The van der Waals surface area contributed by atoms with Crippen molar-refractivity contribution in [2.45, 2.75) is 25.9 Å². The van der Waals surface area contributed by atoms with Gasteiger partial charge in [0.1, 0.15) is 5.75 Å². The van der Waals surface area contributed by atoms with Crippen LogP contribution in [-0.2, 0) is 6.54 Å². The lowest BCUT2D eigenvalue weighted by Crippen LogP contribution is -2.29. The molecule has 0 bridgehead atoms. The first-order chi connectivity index (χ1) is 8.08. The predicted octanol–water partition coefficient (Wildman–Crippen LogP) is 2.21. The molecule has 1 fully saturated rings. The summed E-state index contributed by atoms with van der Waals surface area (Å²) in [5, 5.41) is 10.4. The molecule has 1 heterocycles. The highest BCUT2D eigenvalue weighted by Gasteiger charge is 2.26. The summed E-state index contributed by atoms with van der Waals surface area (Å²) >= 11 is 6.10. The van der Waals surface area contributed by atoms with Gasteiger partial charge in [0.15, 0.2) is 0 Å². The quantitative estimate of drug-likeness (QED) is 0.870. The van der Waals surface area contributed by atoms with Crippen LogP contribution in [0.4, 0.5) is 0 Å². The van der Waals surface area contributed by atoms with Gasteiger partial charge < -0.3 is 10.8 Å². The zero-order valence-corrected chi connectivity index (χ0v) is 10.8. The SMILES string of the molecule is CC(N)C1CCN(Cc2c(O)cccc2Cl)C1. The van der Waals surface area contributed by atoms with Gasteiger partial charge >= 0.3 is 0 Å². The van der Waals surface area contributed by atoms with Crippen molar-refractivity contribution in [3.63, 3.8) is 0 Å². The Morgan fingerprint density at radius 2 is 2.35 bits per heavy atom. The van der Waals surface area contributed by atoms with Crippen LogP contribution in [0.25, 0.3) is 0 Å². The highest BCUT2D eigenvalue weighted by Crippen LogP contribution is 2.29. The summed E-state index contributed by atoms with van der Waals surface area (Å²) in [5.74, 6) is 0.835. The van der Waals surface area contributed by atoms with Crippen LogP contribution in [0.5, 0.6) is 5.75 Å². The third-order valence-corrected chi connectivity index (χ3v) is 3.88. The molecule has 0 aliphatic carbocycles. The minimum Gasteiger partial charge on any atom is -0.508 e. The fraction of sp³-hybridized carbons (Fsp3) is 0.538. The molecule has 1 aromatic rings. The number of phenols is 1. The topological polar surface area (TPSA) is 49.5 Å². The molecule has 2 atom stereocenters. The van der Waals surface area contributed by atoms with Crippen molar-refractivity contribution in [1.29, 1.82) is 0 Å². The minimum absolute atomic E-state index is 0.236. The predicted molar refractivity (Wildman–Crippen MR) is 70.2 cm³/mol. The van der Waals surface area contributed by atoms with Gasteiger partial charge in [-0.1, -0.05) is 17.7 Å². The molecule has 1 aliphatic heterocycles. The molecule has 94 valence electrons. The van der Waals surface area contributed by atoms with E-state index in [-0.39, 0.29) is 11.8 Å². The molecule has 3 N–H and O–H groups in total. The maximum atomic E-state index is 9.79. The Hall–Kier alpha value is -0.770. The van der Waals surface area contributed by atoms with Gasteiger partial charge in [0.2, 0.25) is 0 Å². The van der Waals surface area contributed by atoms with E-state index in [9.17, 15) is 5.11 Å². The molecule has 0 radical (unpaired) electrons. The van der Waals surface area contributed by atoms with Gasteiger partial charge in [-0.25, -0.2) is 0 Å². The van der Waals surface area contributed by atoms with Gasteiger partial charge in [0.25, 0.3) is 0 Å². The maximum absolute atomic E-state index is 9.79. The number of nitrogens with zero attached hydrogens (tertiary/aromatic N) is 1. The maximum Gasteiger partial charge on any atom is 0.121 e. The van der Waals surface area contributed by atoms with Crippen LogP contribution < -0.4 is 5.73 Å². The normalized spacial score (nSPS) is 22.9. The minimum atomic E-state index is 0.236. The fourth-order valence-corrected chi connectivity index (χ4v) is 2.59. The number of rotatable bonds is 3. The molecular formula is C13H19ClN2O. The zero-order chi connectivity index (χ0) is 12.4. The molecule has 1 aliphatic rings. The first kappa shape index (κ1) is 12.7. The summed E-state index contributed by atoms with van der Waals surface area (Å²) in [7, 11) is 0.